The molecule has 2 aliphatic rings. The fourth-order valence-electron chi connectivity index (χ4n) is 3.30. The fourth-order valence-corrected chi connectivity index (χ4v) is 4.20. The topological polar surface area (TPSA) is 125 Å². The van der Waals surface area contributed by atoms with Gasteiger partial charge >= 0.3 is 6.03 Å². The maximum absolute atomic E-state index is 12.3. The number of aromatic nitrogens is 2. The molecule has 0 radical (unpaired) electrons. The first-order valence-corrected chi connectivity index (χ1v) is 8.96. The van der Waals surface area contributed by atoms with Gasteiger partial charge in [0.2, 0.25) is 11.0 Å². The molecule has 0 bridgehead atoms. The number of nitrogens with two attached hydrogens (primary N) is 1. The maximum Gasteiger partial charge on any atom is 0.323 e. The zero-order chi connectivity index (χ0) is 17.2. The quantitative estimate of drug-likeness (QED) is 0.862. The number of nitriles is 1. The number of carbonyl (C=O) groups is 2. The second-order valence-electron chi connectivity index (χ2n) is 6.44. The van der Waals surface area contributed by atoms with Gasteiger partial charge in [0.25, 0.3) is 0 Å². The van der Waals surface area contributed by atoms with E-state index in [9.17, 15) is 14.9 Å². The van der Waals surface area contributed by atoms with E-state index in [1.807, 2.05) is 6.07 Å². The highest BCUT2D eigenvalue weighted by Crippen LogP contribution is 2.35. The Morgan fingerprint density at radius 2 is 2.08 bits per heavy atom. The van der Waals surface area contributed by atoms with E-state index in [0.717, 1.165) is 17.8 Å². The summed E-state index contributed by atoms with van der Waals surface area (Å²) in [5.41, 5.74) is 4.02. The van der Waals surface area contributed by atoms with E-state index >= 15 is 0 Å². The molecule has 1 aliphatic carbocycles. The molecule has 128 valence electrons. The molecule has 2 fully saturated rings. The van der Waals surface area contributed by atoms with Crippen molar-refractivity contribution in [3.63, 3.8) is 0 Å². The Kier molecular flexibility index (Phi) is 4.66. The van der Waals surface area contributed by atoms with Gasteiger partial charge in [-0.25, -0.2) is 4.79 Å². The molecular formula is C15H20N6O2S. The average molecular weight is 348 g/mol. The Morgan fingerprint density at radius 1 is 1.33 bits per heavy atom. The van der Waals surface area contributed by atoms with Crippen LogP contribution in [-0.4, -0.2) is 40.1 Å². The van der Waals surface area contributed by atoms with Crippen LogP contribution in [0.3, 0.4) is 0 Å². The van der Waals surface area contributed by atoms with E-state index in [1.165, 1.54) is 35.5 Å². The third kappa shape index (κ3) is 3.19. The van der Waals surface area contributed by atoms with Crippen molar-refractivity contribution in [2.75, 3.05) is 18.4 Å². The van der Waals surface area contributed by atoms with Crippen LogP contribution in [0.2, 0.25) is 0 Å². The molecule has 8 nitrogen and oxygen atoms in total. The first-order chi connectivity index (χ1) is 11.5. The molecule has 1 saturated carbocycles. The molecule has 2 heterocycles. The van der Waals surface area contributed by atoms with Crippen molar-refractivity contribution >= 4 is 28.4 Å². The summed E-state index contributed by atoms with van der Waals surface area (Å²) in [6, 6.07) is 1.58. The Balaban J connectivity index is 1.61. The molecule has 3 amide bonds. The predicted molar refractivity (Wildman–Crippen MR) is 88.2 cm³/mol. The zero-order valence-corrected chi connectivity index (χ0v) is 14.1. The number of amides is 3. The van der Waals surface area contributed by atoms with Crippen LogP contribution in [0.15, 0.2) is 0 Å². The molecule has 9 heteroatoms. The van der Waals surface area contributed by atoms with Gasteiger partial charge in [-0.1, -0.05) is 30.6 Å². The molecule has 0 spiro atoms. The van der Waals surface area contributed by atoms with E-state index in [1.54, 1.807) is 0 Å². The molecule has 1 aromatic heterocycles. The van der Waals surface area contributed by atoms with Crippen molar-refractivity contribution in [1.82, 2.24) is 15.1 Å². The monoisotopic (exact) mass is 348 g/mol. The largest absolute Gasteiger partial charge is 0.368 e. The van der Waals surface area contributed by atoms with Crippen LogP contribution in [0.1, 0.15) is 49.5 Å². The lowest BCUT2D eigenvalue weighted by Gasteiger charge is -2.19. The molecule has 1 atom stereocenters. The van der Waals surface area contributed by atoms with E-state index in [2.05, 4.69) is 15.5 Å². The van der Waals surface area contributed by atoms with E-state index in [0.29, 0.717) is 17.6 Å². The average Bonchev–Trinajstić information content (AvgIpc) is 3.23. The first kappa shape index (κ1) is 16.6. The molecule has 3 rings (SSSR count). The normalized spacial score (nSPS) is 24.5. The van der Waals surface area contributed by atoms with Crippen molar-refractivity contribution in [2.24, 2.45) is 11.1 Å². The molecule has 1 unspecified atom stereocenters. The lowest BCUT2D eigenvalue weighted by molar-refractivity contribution is -0.124. The molecular weight excluding hydrogens is 328 g/mol. The number of hydrogen-bond acceptors (Lipinski definition) is 6. The van der Waals surface area contributed by atoms with Crippen LogP contribution in [0.5, 0.6) is 0 Å². The second kappa shape index (κ2) is 6.73. The number of hydrogen-bond donors (Lipinski definition) is 2. The number of likely N-dealkylation sites (tertiary alicyclic amines) is 1. The highest BCUT2D eigenvalue weighted by Gasteiger charge is 2.45. The van der Waals surface area contributed by atoms with Gasteiger partial charge in [-0.15, -0.1) is 10.2 Å². The SMILES string of the molecule is N#CC1(C(N)=O)CCN(C(=O)Nc2nnc(C3CCCCC3)s2)C1. The number of urea groups is 1. The van der Waals surface area contributed by atoms with Crippen LogP contribution >= 0.6 is 11.3 Å². The summed E-state index contributed by atoms with van der Waals surface area (Å²) in [6.07, 6.45) is 6.20. The standard InChI is InChI=1S/C15H20N6O2S/c16-8-15(12(17)22)6-7-21(9-15)14(23)18-13-20-19-11(24-13)10-4-2-1-3-5-10/h10H,1-7,9H2,(H2,17,22)(H,18,20,23). The minimum Gasteiger partial charge on any atom is -0.368 e. The van der Waals surface area contributed by atoms with Crippen LogP contribution < -0.4 is 11.1 Å². The Hall–Kier alpha value is -2.21. The van der Waals surface area contributed by atoms with Gasteiger partial charge in [0.05, 0.1) is 12.6 Å². The summed E-state index contributed by atoms with van der Waals surface area (Å²) in [6.45, 7) is 0.329. The van der Waals surface area contributed by atoms with Crippen molar-refractivity contribution in [3.8, 4) is 6.07 Å². The van der Waals surface area contributed by atoms with E-state index < -0.39 is 11.3 Å². The van der Waals surface area contributed by atoms with Crippen LogP contribution in [0, 0.1) is 16.7 Å². The summed E-state index contributed by atoms with van der Waals surface area (Å²) in [4.78, 5) is 25.2. The number of anilines is 1. The first-order valence-electron chi connectivity index (χ1n) is 8.14. The van der Waals surface area contributed by atoms with Gasteiger partial charge in [-0.05, 0) is 19.3 Å². The minimum absolute atomic E-state index is 0.0128. The summed E-state index contributed by atoms with van der Waals surface area (Å²) in [5.74, 6) is -0.245. The number of primary amides is 1. The number of carbonyl (C=O) groups excluding carboxylic acids is 2. The molecule has 1 aromatic rings. The van der Waals surface area contributed by atoms with E-state index in [-0.39, 0.29) is 19.0 Å². The van der Waals surface area contributed by atoms with Gasteiger partial charge < -0.3 is 10.6 Å². The van der Waals surface area contributed by atoms with Gasteiger partial charge in [0, 0.05) is 12.5 Å². The van der Waals surface area contributed by atoms with Crippen LogP contribution in [0.25, 0.3) is 0 Å². The van der Waals surface area contributed by atoms with Gasteiger partial charge in [-0.3, -0.25) is 10.1 Å². The lowest BCUT2D eigenvalue weighted by atomic mass is 9.88. The number of nitrogens with one attached hydrogen (secondary N) is 1. The molecule has 0 aromatic carbocycles. The second-order valence-corrected chi connectivity index (χ2v) is 7.45. The lowest BCUT2D eigenvalue weighted by Crippen LogP contribution is -2.41. The summed E-state index contributed by atoms with van der Waals surface area (Å²) in [7, 11) is 0. The molecule has 3 N–H and O–H groups in total. The van der Waals surface area contributed by atoms with Crippen molar-refractivity contribution in [1.29, 1.82) is 5.26 Å². The smallest absolute Gasteiger partial charge is 0.323 e. The van der Waals surface area contributed by atoms with Gasteiger partial charge in [0.1, 0.15) is 5.01 Å². The molecule has 24 heavy (non-hydrogen) atoms. The third-order valence-electron chi connectivity index (χ3n) is 4.85. The van der Waals surface area contributed by atoms with Crippen molar-refractivity contribution in [3.05, 3.63) is 5.01 Å². The fraction of sp³-hybridized carbons (Fsp3) is 0.667. The summed E-state index contributed by atoms with van der Waals surface area (Å²) < 4.78 is 0. The highest BCUT2D eigenvalue weighted by atomic mass is 32.1. The van der Waals surface area contributed by atoms with Crippen molar-refractivity contribution < 1.29 is 9.59 Å². The van der Waals surface area contributed by atoms with Crippen LogP contribution in [-0.2, 0) is 4.79 Å². The Labute approximate surface area is 144 Å². The highest BCUT2D eigenvalue weighted by molar-refractivity contribution is 7.15. The minimum atomic E-state index is -1.29. The Bertz CT molecular complexity index is 678. The van der Waals surface area contributed by atoms with Gasteiger partial charge in [-0.2, -0.15) is 5.26 Å². The summed E-state index contributed by atoms with van der Waals surface area (Å²) in [5, 5.41) is 21.6. The van der Waals surface area contributed by atoms with E-state index in [4.69, 9.17) is 5.73 Å². The summed E-state index contributed by atoms with van der Waals surface area (Å²) >= 11 is 1.40. The number of rotatable bonds is 3. The zero-order valence-electron chi connectivity index (χ0n) is 13.3. The Morgan fingerprint density at radius 3 is 2.71 bits per heavy atom. The molecule has 1 saturated heterocycles. The predicted octanol–water partition coefficient (Wildman–Crippen LogP) is 1.82. The molecule has 1 aliphatic heterocycles. The van der Waals surface area contributed by atoms with Crippen molar-refractivity contribution in [2.45, 2.75) is 44.4 Å². The van der Waals surface area contributed by atoms with Gasteiger partial charge in [0.15, 0.2) is 5.41 Å². The third-order valence-corrected chi connectivity index (χ3v) is 5.85. The maximum atomic E-state index is 12.3. The number of nitrogens with zero attached hydrogens (tertiary/aromatic N) is 4. The van der Waals surface area contributed by atoms with Crippen LogP contribution in [0.4, 0.5) is 9.93 Å².